The number of nitrogens with zero attached hydrogens (tertiary/aromatic N) is 3. The molecule has 0 aliphatic carbocycles. The van der Waals surface area contributed by atoms with Crippen molar-refractivity contribution in [3.8, 4) is 0 Å². The van der Waals surface area contributed by atoms with E-state index >= 15 is 0 Å². The lowest BCUT2D eigenvalue weighted by Gasteiger charge is -2.24. The summed E-state index contributed by atoms with van der Waals surface area (Å²) in [5.74, 6) is -0.195. The van der Waals surface area contributed by atoms with E-state index in [9.17, 15) is 4.79 Å². The fourth-order valence-corrected chi connectivity index (χ4v) is 3.60. The molecular formula is C18H18N4O2S. The number of hydrogen-bond acceptors (Lipinski definition) is 5. The number of rotatable bonds is 5. The first-order valence-electron chi connectivity index (χ1n) is 8.21. The fraction of sp³-hybridized carbons (Fsp3) is 0.278. The normalized spacial score (nSPS) is 16.4. The molecule has 1 unspecified atom stereocenters. The van der Waals surface area contributed by atoms with E-state index in [0.717, 1.165) is 17.7 Å². The Bertz CT molecular complexity index is 845. The van der Waals surface area contributed by atoms with Gasteiger partial charge in [0.05, 0.1) is 18.8 Å². The highest BCUT2D eigenvalue weighted by Gasteiger charge is 2.27. The summed E-state index contributed by atoms with van der Waals surface area (Å²) < 4.78 is 7.70. The lowest BCUT2D eigenvalue weighted by atomic mass is 10.1. The highest BCUT2D eigenvalue weighted by molar-refractivity contribution is 7.09. The first-order valence-corrected chi connectivity index (χ1v) is 9.09. The third-order valence-electron chi connectivity index (χ3n) is 4.22. The van der Waals surface area contributed by atoms with Crippen molar-refractivity contribution in [2.24, 2.45) is 0 Å². The van der Waals surface area contributed by atoms with Gasteiger partial charge in [-0.3, -0.25) is 4.79 Å². The van der Waals surface area contributed by atoms with Crippen molar-refractivity contribution in [2.75, 3.05) is 6.54 Å². The van der Waals surface area contributed by atoms with Gasteiger partial charge in [-0.15, -0.1) is 16.4 Å². The third kappa shape index (κ3) is 3.47. The van der Waals surface area contributed by atoms with Crippen LogP contribution in [0.5, 0.6) is 0 Å². The summed E-state index contributed by atoms with van der Waals surface area (Å²) in [6.45, 7) is 1.48. The van der Waals surface area contributed by atoms with E-state index in [2.05, 4.69) is 21.7 Å². The molecule has 1 amide bonds. The van der Waals surface area contributed by atoms with Crippen LogP contribution < -0.4 is 5.32 Å². The van der Waals surface area contributed by atoms with E-state index in [0.29, 0.717) is 25.4 Å². The van der Waals surface area contributed by atoms with Crippen molar-refractivity contribution in [1.82, 2.24) is 20.3 Å². The highest BCUT2D eigenvalue weighted by Crippen LogP contribution is 2.26. The van der Waals surface area contributed by atoms with Crippen molar-refractivity contribution < 1.29 is 9.53 Å². The van der Waals surface area contributed by atoms with Crippen LogP contribution in [-0.2, 0) is 24.3 Å². The summed E-state index contributed by atoms with van der Waals surface area (Å²) in [7, 11) is 0. The zero-order chi connectivity index (χ0) is 17.1. The molecule has 6 nitrogen and oxygen atoms in total. The van der Waals surface area contributed by atoms with E-state index in [-0.39, 0.29) is 12.0 Å². The van der Waals surface area contributed by atoms with E-state index in [1.807, 2.05) is 41.8 Å². The molecule has 1 aromatic carbocycles. The van der Waals surface area contributed by atoms with Crippen LogP contribution in [0.15, 0.2) is 47.8 Å². The summed E-state index contributed by atoms with van der Waals surface area (Å²) in [6.07, 6.45) is 0.754. The van der Waals surface area contributed by atoms with Crippen molar-refractivity contribution in [3.05, 3.63) is 69.7 Å². The zero-order valence-corrected chi connectivity index (χ0v) is 14.4. The molecule has 0 bridgehead atoms. The number of carbonyl (C=O) groups is 1. The fourth-order valence-electron chi connectivity index (χ4n) is 2.90. The molecule has 25 heavy (non-hydrogen) atoms. The Morgan fingerprint density at radius 3 is 2.96 bits per heavy atom. The number of aromatic nitrogens is 3. The van der Waals surface area contributed by atoms with Crippen molar-refractivity contribution >= 4 is 17.2 Å². The maximum Gasteiger partial charge on any atom is 0.273 e. The number of thiophene rings is 1. The van der Waals surface area contributed by atoms with Crippen LogP contribution in [0.2, 0.25) is 0 Å². The molecule has 0 fully saturated rings. The molecule has 1 N–H and O–H groups in total. The van der Waals surface area contributed by atoms with Crippen molar-refractivity contribution in [1.29, 1.82) is 0 Å². The quantitative estimate of drug-likeness (QED) is 0.765. The minimum absolute atomic E-state index is 0.0647. The Morgan fingerprint density at radius 1 is 1.28 bits per heavy atom. The smallest absolute Gasteiger partial charge is 0.273 e. The van der Waals surface area contributed by atoms with Crippen LogP contribution in [0.4, 0.5) is 0 Å². The van der Waals surface area contributed by atoms with E-state index < -0.39 is 0 Å². The minimum atomic E-state index is -0.195. The van der Waals surface area contributed by atoms with Crippen LogP contribution in [0.3, 0.4) is 0 Å². The molecule has 3 heterocycles. The van der Waals surface area contributed by atoms with Crippen LogP contribution in [0.25, 0.3) is 0 Å². The Labute approximate surface area is 149 Å². The molecule has 1 atom stereocenters. The second-order valence-electron chi connectivity index (χ2n) is 5.86. The number of carbonyl (C=O) groups excluding carboxylic acids is 1. The Morgan fingerprint density at radius 2 is 2.16 bits per heavy atom. The number of benzene rings is 1. The molecule has 4 rings (SSSR count). The second-order valence-corrected chi connectivity index (χ2v) is 6.89. The SMILES string of the molecule is O=C(NCCc1cccs1)c1nnn2c1COC(c1ccccc1)C2. The maximum absolute atomic E-state index is 12.4. The van der Waals surface area contributed by atoms with Gasteiger partial charge in [-0.1, -0.05) is 41.6 Å². The lowest BCUT2D eigenvalue weighted by Crippen LogP contribution is -2.28. The van der Waals surface area contributed by atoms with Gasteiger partial charge in [0.25, 0.3) is 5.91 Å². The van der Waals surface area contributed by atoms with Gasteiger partial charge in [-0.25, -0.2) is 4.68 Å². The van der Waals surface area contributed by atoms with E-state index in [1.165, 1.54) is 4.88 Å². The molecule has 0 saturated heterocycles. The average molecular weight is 354 g/mol. The van der Waals surface area contributed by atoms with E-state index in [4.69, 9.17) is 4.74 Å². The zero-order valence-electron chi connectivity index (χ0n) is 13.6. The van der Waals surface area contributed by atoms with Gasteiger partial charge in [0.15, 0.2) is 5.69 Å². The van der Waals surface area contributed by atoms with Gasteiger partial charge < -0.3 is 10.1 Å². The molecule has 0 spiro atoms. The molecule has 2 aromatic heterocycles. The Hall–Kier alpha value is -2.51. The monoisotopic (exact) mass is 354 g/mol. The molecule has 1 aliphatic heterocycles. The predicted octanol–water partition coefficient (Wildman–Crippen LogP) is 2.58. The van der Waals surface area contributed by atoms with Crippen molar-refractivity contribution in [2.45, 2.75) is 25.7 Å². The topological polar surface area (TPSA) is 69.0 Å². The number of fused-ring (bicyclic) bond motifs is 1. The van der Waals surface area contributed by atoms with Crippen molar-refractivity contribution in [3.63, 3.8) is 0 Å². The minimum Gasteiger partial charge on any atom is -0.365 e. The predicted molar refractivity (Wildman–Crippen MR) is 94.4 cm³/mol. The van der Waals surface area contributed by atoms with Crippen LogP contribution in [0, 0.1) is 0 Å². The Kier molecular flexibility index (Phi) is 4.58. The summed E-state index contributed by atoms with van der Waals surface area (Å²) in [4.78, 5) is 13.6. The summed E-state index contributed by atoms with van der Waals surface area (Å²) in [6, 6.07) is 14.1. The molecular weight excluding hydrogens is 336 g/mol. The average Bonchev–Trinajstić information content (AvgIpc) is 3.31. The molecule has 0 saturated carbocycles. The van der Waals surface area contributed by atoms with Crippen LogP contribution >= 0.6 is 11.3 Å². The summed E-state index contributed by atoms with van der Waals surface area (Å²) in [5, 5.41) is 13.2. The Balaban J connectivity index is 1.40. The number of nitrogens with one attached hydrogen (secondary N) is 1. The number of hydrogen-bond donors (Lipinski definition) is 1. The van der Waals surface area contributed by atoms with Gasteiger partial charge in [-0.2, -0.15) is 0 Å². The first kappa shape index (κ1) is 16.0. The van der Waals surface area contributed by atoms with Gasteiger partial charge in [-0.05, 0) is 23.4 Å². The summed E-state index contributed by atoms with van der Waals surface area (Å²) >= 11 is 1.69. The number of amides is 1. The maximum atomic E-state index is 12.4. The molecule has 128 valence electrons. The molecule has 0 radical (unpaired) electrons. The molecule has 3 aromatic rings. The van der Waals surface area contributed by atoms with E-state index in [1.54, 1.807) is 16.0 Å². The van der Waals surface area contributed by atoms with Gasteiger partial charge in [0, 0.05) is 11.4 Å². The first-order chi connectivity index (χ1) is 12.3. The van der Waals surface area contributed by atoms with Gasteiger partial charge >= 0.3 is 0 Å². The van der Waals surface area contributed by atoms with Gasteiger partial charge in [0.1, 0.15) is 6.10 Å². The largest absolute Gasteiger partial charge is 0.365 e. The van der Waals surface area contributed by atoms with Crippen LogP contribution in [0.1, 0.15) is 32.7 Å². The second kappa shape index (κ2) is 7.16. The highest BCUT2D eigenvalue weighted by atomic mass is 32.1. The standard InChI is InChI=1S/C18H18N4O2S/c23-18(19-9-8-14-7-4-10-25-14)17-15-12-24-16(11-22(15)21-20-17)13-5-2-1-3-6-13/h1-7,10,16H,8-9,11-12H2,(H,19,23). The third-order valence-corrected chi connectivity index (χ3v) is 5.16. The molecule has 7 heteroatoms. The van der Waals surface area contributed by atoms with Crippen LogP contribution in [-0.4, -0.2) is 27.4 Å². The molecule has 1 aliphatic rings. The lowest BCUT2D eigenvalue weighted by molar-refractivity contribution is -0.00176. The summed E-state index contributed by atoms with van der Waals surface area (Å²) in [5.41, 5.74) is 2.20. The van der Waals surface area contributed by atoms with Gasteiger partial charge in [0.2, 0.25) is 0 Å². The number of ether oxygens (including phenoxy) is 1.